The molecule has 18 heavy (non-hydrogen) atoms. The zero-order chi connectivity index (χ0) is 13.0. The molecule has 1 aliphatic heterocycles. The molecule has 3 nitrogen and oxygen atoms in total. The lowest BCUT2D eigenvalue weighted by atomic mass is 9.90. The first-order chi connectivity index (χ1) is 8.72. The second kappa shape index (κ2) is 6.88. The van der Waals surface area contributed by atoms with E-state index in [1.54, 1.807) is 0 Å². The van der Waals surface area contributed by atoms with Gasteiger partial charge in [0.25, 0.3) is 0 Å². The van der Waals surface area contributed by atoms with Crippen LogP contribution >= 0.6 is 0 Å². The van der Waals surface area contributed by atoms with Crippen LogP contribution in [0.25, 0.3) is 0 Å². The van der Waals surface area contributed by atoms with Gasteiger partial charge in [-0.3, -0.25) is 4.90 Å². The first-order valence-corrected chi connectivity index (χ1v) is 7.76. The summed E-state index contributed by atoms with van der Waals surface area (Å²) < 4.78 is 5.49. The summed E-state index contributed by atoms with van der Waals surface area (Å²) in [4.78, 5) is 2.73. The first-order valence-electron chi connectivity index (χ1n) is 7.76. The van der Waals surface area contributed by atoms with Gasteiger partial charge in [-0.1, -0.05) is 13.8 Å². The van der Waals surface area contributed by atoms with E-state index in [0.717, 1.165) is 37.6 Å². The average Bonchev–Trinajstić information content (AvgIpc) is 3.19. The molecule has 2 N–H and O–H groups in total. The molecular formula is C15H30N2O. The van der Waals surface area contributed by atoms with E-state index in [2.05, 4.69) is 18.7 Å². The summed E-state index contributed by atoms with van der Waals surface area (Å²) >= 11 is 0. The molecule has 2 aliphatic rings. The Morgan fingerprint density at radius 1 is 1.17 bits per heavy atom. The van der Waals surface area contributed by atoms with E-state index >= 15 is 0 Å². The lowest BCUT2D eigenvalue weighted by Gasteiger charge is -2.38. The molecule has 1 unspecified atom stereocenters. The summed E-state index contributed by atoms with van der Waals surface area (Å²) in [5.74, 6) is 1.55. The van der Waals surface area contributed by atoms with Crippen molar-refractivity contribution in [1.82, 2.24) is 4.90 Å². The molecule has 3 heteroatoms. The Kier molecular flexibility index (Phi) is 5.46. The highest BCUT2D eigenvalue weighted by Gasteiger charge is 2.36. The van der Waals surface area contributed by atoms with Crippen molar-refractivity contribution < 1.29 is 4.74 Å². The van der Waals surface area contributed by atoms with E-state index in [4.69, 9.17) is 10.5 Å². The maximum atomic E-state index is 6.09. The van der Waals surface area contributed by atoms with Crippen LogP contribution in [0.2, 0.25) is 0 Å². The number of nitrogens with zero attached hydrogens (tertiary/aromatic N) is 1. The second-order valence-electron chi connectivity index (χ2n) is 6.40. The Hall–Kier alpha value is -0.120. The summed E-state index contributed by atoms with van der Waals surface area (Å²) in [6.45, 7) is 8.56. The third-order valence-electron chi connectivity index (χ3n) is 4.46. The van der Waals surface area contributed by atoms with Crippen molar-refractivity contribution in [1.29, 1.82) is 0 Å². The lowest BCUT2D eigenvalue weighted by molar-refractivity contribution is 0.0240. The Morgan fingerprint density at radius 3 is 2.33 bits per heavy atom. The minimum absolute atomic E-state index is 0.597. The van der Waals surface area contributed by atoms with E-state index in [1.165, 1.54) is 38.6 Å². The summed E-state index contributed by atoms with van der Waals surface area (Å²) in [7, 11) is 0. The van der Waals surface area contributed by atoms with Crippen LogP contribution in [0.1, 0.15) is 46.0 Å². The fourth-order valence-electron chi connectivity index (χ4n) is 3.13. The van der Waals surface area contributed by atoms with E-state index in [0.29, 0.717) is 6.04 Å². The van der Waals surface area contributed by atoms with Crippen LogP contribution in [0.3, 0.4) is 0 Å². The molecule has 106 valence electrons. The number of nitrogens with two attached hydrogens (primary N) is 1. The number of hydrogen-bond acceptors (Lipinski definition) is 3. The van der Waals surface area contributed by atoms with Crippen LogP contribution in [0.15, 0.2) is 0 Å². The van der Waals surface area contributed by atoms with Gasteiger partial charge in [0.2, 0.25) is 0 Å². The lowest BCUT2D eigenvalue weighted by Crippen LogP contribution is -2.48. The Morgan fingerprint density at radius 2 is 1.83 bits per heavy atom. The number of hydrogen-bond donors (Lipinski definition) is 1. The molecule has 0 aromatic rings. The highest BCUT2D eigenvalue weighted by Crippen LogP contribution is 2.33. The normalized spacial score (nSPS) is 23.8. The fraction of sp³-hybridized carbons (Fsp3) is 1.00. The zero-order valence-electron chi connectivity index (χ0n) is 12.1. The molecule has 1 atom stereocenters. The molecule has 0 spiro atoms. The molecule has 2 rings (SSSR count). The quantitative estimate of drug-likeness (QED) is 0.757. The first kappa shape index (κ1) is 14.3. The van der Waals surface area contributed by atoms with Gasteiger partial charge in [-0.2, -0.15) is 0 Å². The van der Waals surface area contributed by atoms with E-state index < -0.39 is 0 Å². The van der Waals surface area contributed by atoms with Gasteiger partial charge < -0.3 is 10.5 Å². The van der Waals surface area contributed by atoms with Gasteiger partial charge in [-0.05, 0) is 50.5 Å². The number of ether oxygens (including phenoxy) is 1. The molecule has 0 amide bonds. The summed E-state index contributed by atoms with van der Waals surface area (Å²) in [5, 5.41) is 0. The topological polar surface area (TPSA) is 38.5 Å². The van der Waals surface area contributed by atoms with Crippen LogP contribution in [0, 0.1) is 11.8 Å². The largest absolute Gasteiger partial charge is 0.381 e. The average molecular weight is 254 g/mol. The third kappa shape index (κ3) is 3.94. The van der Waals surface area contributed by atoms with E-state index in [-0.39, 0.29) is 0 Å². The standard InChI is InChI=1S/C15H30N2O/c1-12(2)5-8-17(14-3-4-14)15(11-16)13-6-9-18-10-7-13/h12-15H,3-11,16H2,1-2H3. The Balaban J connectivity index is 1.92. The van der Waals surface area contributed by atoms with Gasteiger partial charge in [-0.25, -0.2) is 0 Å². The predicted molar refractivity (Wildman–Crippen MR) is 75.6 cm³/mol. The van der Waals surface area contributed by atoms with Crippen molar-refractivity contribution in [3.8, 4) is 0 Å². The summed E-state index contributed by atoms with van der Waals surface area (Å²) in [6, 6.07) is 1.43. The summed E-state index contributed by atoms with van der Waals surface area (Å²) in [6.07, 6.45) is 6.48. The third-order valence-corrected chi connectivity index (χ3v) is 4.46. The van der Waals surface area contributed by atoms with Crippen molar-refractivity contribution >= 4 is 0 Å². The van der Waals surface area contributed by atoms with Gasteiger partial charge >= 0.3 is 0 Å². The highest BCUT2D eigenvalue weighted by atomic mass is 16.5. The van der Waals surface area contributed by atoms with Gasteiger partial charge in [0, 0.05) is 31.8 Å². The van der Waals surface area contributed by atoms with Crippen molar-refractivity contribution in [2.45, 2.75) is 58.0 Å². The van der Waals surface area contributed by atoms with Crippen LogP contribution in [0.4, 0.5) is 0 Å². The summed E-state index contributed by atoms with van der Waals surface area (Å²) in [5.41, 5.74) is 6.09. The predicted octanol–water partition coefficient (Wildman–Crippen LogP) is 2.25. The molecule has 0 bridgehead atoms. The molecule has 2 fully saturated rings. The maximum absolute atomic E-state index is 6.09. The van der Waals surface area contributed by atoms with E-state index in [1.807, 2.05) is 0 Å². The SMILES string of the molecule is CC(C)CCN(C1CC1)C(CN)C1CCOCC1. The second-order valence-corrected chi connectivity index (χ2v) is 6.40. The van der Waals surface area contributed by atoms with Crippen LogP contribution in [0.5, 0.6) is 0 Å². The van der Waals surface area contributed by atoms with Crippen LogP contribution in [-0.4, -0.2) is 43.3 Å². The van der Waals surface area contributed by atoms with E-state index in [9.17, 15) is 0 Å². The van der Waals surface area contributed by atoms with Crippen molar-refractivity contribution in [2.24, 2.45) is 17.6 Å². The van der Waals surface area contributed by atoms with Gasteiger partial charge in [0.05, 0.1) is 0 Å². The van der Waals surface area contributed by atoms with Gasteiger partial charge in [0.1, 0.15) is 0 Å². The maximum Gasteiger partial charge on any atom is 0.0469 e. The minimum Gasteiger partial charge on any atom is -0.381 e. The molecular weight excluding hydrogens is 224 g/mol. The molecule has 0 radical (unpaired) electrons. The molecule has 0 aromatic heterocycles. The van der Waals surface area contributed by atoms with Crippen LogP contribution < -0.4 is 5.73 Å². The molecule has 1 heterocycles. The smallest absolute Gasteiger partial charge is 0.0469 e. The Labute approximate surface area is 112 Å². The van der Waals surface area contributed by atoms with Crippen molar-refractivity contribution in [3.05, 3.63) is 0 Å². The van der Waals surface area contributed by atoms with Gasteiger partial charge in [-0.15, -0.1) is 0 Å². The van der Waals surface area contributed by atoms with Crippen LogP contribution in [-0.2, 0) is 4.74 Å². The fourth-order valence-corrected chi connectivity index (χ4v) is 3.13. The van der Waals surface area contributed by atoms with Gasteiger partial charge in [0.15, 0.2) is 0 Å². The highest BCUT2D eigenvalue weighted by molar-refractivity contribution is 4.92. The monoisotopic (exact) mass is 254 g/mol. The molecule has 1 saturated carbocycles. The molecule has 1 aliphatic carbocycles. The Bertz CT molecular complexity index is 235. The minimum atomic E-state index is 0.597. The molecule has 1 saturated heterocycles. The van der Waals surface area contributed by atoms with Crippen molar-refractivity contribution in [2.75, 3.05) is 26.3 Å². The number of rotatable bonds is 7. The molecule has 0 aromatic carbocycles. The zero-order valence-corrected chi connectivity index (χ0v) is 12.1. The van der Waals surface area contributed by atoms with Crippen molar-refractivity contribution in [3.63, 3.8) is 0 Å².